The highest BCUT2D eigenvalue weighted by Crippen LogP contribution is 2.19. The summed E-state index contributed by atoms with van der Waals surface area (Å²) in [4.78, 5) is 24.4. The number of methoxy groups -OCH3 is 1. The van der Waals surface area contributed by atoms with E-state index in [4.69, 9.17) is 4.74 Å². The molecule has 3 heterocycles. The maximum Gasteiger partial charge on any atom is 0.257 e. The Morgan fingerprint density at radius 2 is 2.12 bits per heavy atom. The summed E-state index contributed by atoms with van der Waals surface area (Å²) < 4.78 is 20.5. The molecule has 0 saturated carbocycles. The molecule has 122 valence electrons. The smallest absolute Gasteiger partial charge is 0.257 e. The van der Waals surface area contributed by atoms with Gasteiger partial charge in [-0.2, -0.15) is 0 Å². The summed E-state index contributed by atoms with van der Waals surface area (Å²) in [5.74, 6) is -0.788. The lowest BCUT2D eigenvalue weighted by Gasteiger charge is -2.08. The van der Waals surface area contributed by atoms with Gasteiger partial charge in [-0.3, -0.25) is 9.78 Å². The van der Waals surface area contributed by atoms with E-state index in [-0.39, 0.29) is 28.5 Å². The molecule has 1 amide bonds. The van der Waals surface area contributed by atoms with E-state index in [0.717, 1.165) is 0 Å². The number of hydrogen-bond acceptors (Lipinski definition) is 5. The highest BCUT2D eigenvalue weighted by Gasteiger charge is 2.14. The van der Waals surface area contributed by atoms with E-state index in [1.807, 2.05) is 0 Å². The number of halogens is 1. The molecule has 0 fully saturated rings. The molecule has 0 atom stereocenters. The zero-order chi connectivity index (χ0) is 17.3. The van der Waals surface area contributed by atoms with Crippen molar-refractivity contribution in [3.8, 4) is 5.88 Å². The van der Waals surface area contributed by atoms with Crippen molar-refractivity contribution in [3.05, 3.63) is 54.6 Å². The number of aryl methyl sites for hydroxylation is 1. The number of anilines is 1. The van der Waals surface area contributed by atoms with Gasteiger partial charge in [0.25, 0.3) is 5.91 Å². The van der Waals surface area contributed by atoms with E-state index in [1.54, 1.807) is 19.3 Å². The van der Waals surface area contributed by atoms with Crippen molar-refractivity contribution >= 4 is 22.8 Å². The number of rotatable bonds is 4. The predicted octanol–water partition coefficient (Wildman–Crippen LogP) is 2.23. The molecule has 7 nitrogen and oxygen atoms in total. The second-order valence-corrected chi connectivity index (χ2v) is 5.07. The predicted molar refractivity (Wildman–Crippen MR) is 86.1 cm³/mol. The van der Waals surface area contributed by atoms with Crippen molar-refractivity contribution in [3.63, 3.8) is 0 Å². The lowest BCUT2D eigenvalue weighted by atomic mass is 10.2. The molecule has 24 heavy (non-hydrogen) atoms. The molecule has 0 aliphatic rings. The van der Waals surface area contributed by atoms with Crippen molar-refractivity contribution in [2.45, 2.75) is 6.92 Å². The van der Waals surface area contributed by atoms with Crippen molar-refractivity contribution in [1.82, 2.24) is 19.4 Å². The zero-order valence-electron chi connectivity index (χ0n) is 13.1. The van der Waals surface area contributed by atoms with E-state index < -0.39 is 11.7 Å². The standard InChI is InChI=1S/C16H14FN5O2/c1-9-7-22-8-11(4-12(17)15(22)19-9)20-16(23)10(2)13-5-18-6-14(21-13)24-3/h4-8H,2H2,1,3H3,(H,20,23). The molecule has 0 aliphatic carbocycles. The Balaban J connectivity index is 1.84. The molecule has 0 bridgehead atoms. The van der Waals surface area contributed by atoms with E-state index in [0.29, 0.717) is 5.69 Å². The average Bonchev–Trinajstić information content (AvgIpc) is 2.95. The van der Waals surface area contributed by atoms with Crippen molar-refractivity contribution < 1.29 is 13.9 Å². The van der Waals surface area contributed by atoms with Crippen LogP contribution in [0.4, 0.5) is 10.1 Å². The first-order valence-electron chi connectivity index (χ1n) is 6.99. The first-order valence-corrected chi connectivity index (χ1v) is 6.99. The largest absolute Gasteiger partial charge is 0.480 e. The fourth-order valence-electron chi connectivity index (χ4n) is 2.16. The topological polar surface area (TPSA) is 81.4 Å². The van der Waals surface area contributed by atoms with Gasteiger partial charge in [-0.05, 0) is 6.92 Å². The number of amides is 1. The maximum absolute atomic E-state index is 14.0. The van der Waals surface area contributed by atoms with Crippen LogP contribution in [0.3, 0.4) is 0 Å². The molecule has 1 N–H and O–H groups in total. The van der Waals surface area contributed by atoms with Gasteiger partial charge in [-0.25, -0.2) is 14.4 Å². The molecule has 8 heteroatoms. The second-order valence-electron chi connectivity index (χ2n) is 5.07. The first-order chi connectivity index (χ1) is 11.5. The lowest BCUT2D eigenvalue weighted by Crippen LogP contribution is -2.14. The van der Waals surface area contributed by atoms with Gasteiger partial charge in [0.05, 0.1) is 42.2 Å². The molecule has 3 aromatic rings. The Bertz CT molecular complexity index is 951. The Hall–Kier alpha value is -3.29. The van der Waals surface area contributed by atoms with E-state index in [1.165, 1.54) is 30.0 Å². The normalized spacial score (nSPS) is 10.6. The Morgan fingerprint density at radius 1 is 1.33 bits per heavy atom. The van der Waals surface area contributed by atoms with Gasteiger partial charge in [0.15, 0.2) is 11.5 Å². The molecule has 0 aromatic carbocycles. The third-order valence-corrected chi connectivity index (χ3v) is 3.29. The summed E-state index contributed by atoms with van der Waals surface area (Å²) in [6, 6.07) is 1.20. The molecule has 0 unspecified atom stereocenters. The van der Waals surface area contributed by atoms with Gasteiger partial charge in [0.2, 0.25) is 5.88 Å². The molecule has 3 aromatic heterocycles. The minimum Gasteiger partial charge on any atom is -0.480 e. The van der Waals surface area contributed by atoms with Crippen LogP contribution in [0.15, 0.2) is 37.4 Å². The zero-order valence-corrected chi connectivity index (χ0v) is 13.1. The summed E-state index contributed by atoms with van der Waals surface area (Å²) in [6.45, 7) is 5.46. The van der Waals surface area contributed by atoms with Crippen molar-refractivity contribution in [1.29, 1.82) is 0 Å². The van der Waals surface area contributed by atoms with Crippen LogP contribution < -0.4 is 10.1 Å². The lowest BCUT2D eigenvalue weighted by molar-refractivity contribution is -0.111. The summed E-state index contributed by atoms with van der Waals surface area (Å²) in [6.07, 6.45) is 6.05. The fraction of sp³-hybridized carbons (Fsp3) is 0.125. The second kappa shape index (κ2) is 6.07. The van der Waals surface area contributed by atoms with E-state index in [9.17, 15) is 9.18 Å². The number of pyridine rings is 1. The molecule has 0 aliphatic heterocycles. The highest BCUT2D eigenvalue weighted by atomic mass is 19.1. The third-order valence-electron chi connectivity index (χ3n) is 3.29. The number of carbonyl (C=O) groups excluding carboxylic acids is 1. The Labute approximate surface area is 136 Å². The monoisotopic (exact) mass is 327 g/mol. The Kier molecular flexibility index (Phi) is 3.95. The summed E-state index contributed by atoms with van der Waals surface area (Å²) in [7, 11) is 1.45. The van der Waals surface area contributed by atoms with Gasteiger partial charge in [-0.15, -0.1) is 0 Å². The number of nitrogens with zero attached hydrogens (tertiary/aromatic N) is 4. The molecule has 0 saturated heterocycles. The van der Waals surface area contributed by atoms with Crippen LogP contribution in [0.2, 0.25) is 0 Å². The molecular weight excluding hydrogens is 313 g/mol. The number of carbonyl (C=O) groups is 1. The van der Waals surface area contributed by atoms with Gasteiger partial charge < -0.3 is 14.5 Å². The van der Waals surface area contributed by atoms with Gasteiger partial charge in [0, 0.05) is 18.5 Å². The molecule has 0 spiro atoms. The summed E-state index contributed by atoms with van der Waals surface area (Å²) >= 11 is 0. The van der Waals surface area contributed by atoms with Crippen LogP contribution in [-0.4, -0.2) is 32.4 Å². The van der Waals surface area contributed by atoms with Crippen LogP contribution in [0.5, 0.6) is 5.88 Å². The van der Waals surface area contributed by atoms with Gasteiger partial charge in [0.1, 0.15) is 0 Å². The number of nitrogens with one attached hydrogen (secondary N) is 1. The maximum atomic E-state index is 14.0. The minimum atomic E-state index is -0.535. The van der Waals surface area contributed by atoms with Crippen LogP contribution in [0.1, 0.15) is 11.4 Å². The van der Waals surface area contributed by atoms with Crippen molar-refractivity contribution in [2.24, 2.45) is 0 Å². The highest BCUT2D eigenvalue weighted by molar-refractivity contribution is 6.24. The quantitative estimate of drug-likeness (QED) is 0.743. The van der Waals surface area contributed by atoms with Crippen LogP contribution >= 0.6 is 0 Å². The number of imidazole rings is 1. The van der Waals surface area contributed by atoms with Gasteiger partial charge in [-0.1, -0.05) is 6.58 Å². The summed E-state index contributed by atoms with van der Waals surface area (Å²) in [5.41, 5.74) is 1.51. The third kappa shape index (κ3) is 2.94. The summed E-state index contributed by atoms with van der Waals surface area (Å²) in [5, 5.41) is 2.58. The van der Waals surface area contributed by atoms with Crippen molar-refractivity contribution in [2.75, 3.05) is 12.4 Å². The molecular formula is C16H14FN5O2. The number of hydrogen-bond donors (Lipinski definition) is 1. The van der Waals surface area contributed by atoms with Crippen LogP contribution in [0.25, 0.3) is 11.2 Å². The van der Waals surface area contributed by atoms with E-state index >= 15 is 0 Å². The number of aromatic nitrogens is 4. The van der Waals surface area contributed by atoms with Crippen LogP contribution in [-0.2, 0) is 4.79 Å². The fourth-order valence-corrected chi connectivity index (χ4v) is 2.16. The number of fused-ring (bicyclic) bond motifs is 1. The Morgan fingerprint density at radius 3 is 2.88 bits per heavy atom. The molecule has 3 rings (SSSR count). The SMILES string of the molecule is C=C(C(=O)Nc1cc(F)c2nc(C)cn2c1)c1cncc(OC)n1. The average molecular weight is 327 g/mol. The minimum absolute atomic E-state index is 0.0868. The molecule has 0 radical (unpaired) electrons. The van der Waals surface area contributed by atoms with Crippen LogP contribution in [0, 0.1) is 12.7 Å². The van der Waals surface area contributed by atoms with E-state index in [2.05, 4.69) is 26.8 Å². The van der Waals surface area contributed by atoms with Gasteiger partial charge >= 0.3 is 0 Å². The first kappa shape index (κ1) is 15.6. The number of ether oxygens (including phenoxy) is 1.